The number of nitrogens with two attached hydrogens (primary N) is 1. The molecule has 94 valence electrons. The predicted octanol–water partition coefficient (Wildman–Crippen LogP) is 2.40. The first kappa shape index (κ1) is 12.6. The van der Waals surface area contributed by atoms with E-state index in [1.54, 1.807) is 6.20 Å². The number of nitrogen functional groups attached to an aromatic ring is 1. The van der Waals surface area contributed by atoms with Gasteiger partial charge in [0.15, 0.2) is 0 Å². The average molecular weight is 262 g/mol. The molecule has 0 aliphatic rings. The Labute approximate surface area is 109 Å². The van der Waals surface area contributed by atoms with Gasteiger partial charge in [0, 0.05) is 23.7 Å². The van der Waals surface area contributed by atoms with Gasteiger partial charge in [-0.3, -0.25) is 4.79 Å². The Morgan fingerprint density at radius 3 is 3.06 bits per heavy atom. The van der Waals surface area contributed by atoms with Crippen molar-refractivity contribution in [1.82, 2.24) is 4.98 Å². The molecule has 0 aliphatic heterocycles. The van der Waals surface area contributed by atoms with Crippen molar-refractivity contribution >= 4 is 23.0 Å². The molecular weight excluding hydrogens is 248 g/mol. The number of benzene rings is 1. The lowest BCUT2D eigenvalue weighted by atomic mass is 10.1. The normalized spacial score (nSPS) is 10.2. The molecule has 1 heterocycles. The molecule has 0 atom stereocenters. The van der Waals surface area contributed by atoms with Crippen LogP contribution in [-0.2, 0) is 22.6 Å². The van der Waals surface area contributed by atoms with E-state index in [2.05, 4.69) is 4.98 Å². The highest BCUT2D eigenvalue weighted by atomic mass is 32.1. The first-order valence-electron chi connectivity index (χ1n) is 5.62. The van der Waals surface area contributed by atoms with E-state index in [0.717, 1.165) is 10.6 Å². The van der Waals surface area contributed by atoms with Crippen LogP contribution in [0, 0.1) is 0 Å². The molecule has 0 saturated carbocycles. The van der Waals surface area contributed by atoms with E-state index in [1.165, 1.54) is 11.3 Å². The Hall–Kier alpha value is -1.88. The third-order valence-corrected chi connectivity index (χ3v) is 3.16. The van der Waals surface area contributed by atoms with Crippen molar-refractivity contribution in [3.63, 3.8) is 0 Å². The molecule has 2 N–H and O–H groups in total. The van der Waals surface area contributed by atoms with Crippen LogP contribution in [0.1, 0.15) is 17.0 Å². The molecule has 5 heteroatoms. The van der Waals surface area contributed by atoms with Gasteiger partial charge in [-0.15, -0.1) is 11.3 Å². The number of ether oxygens (including phenoxy) is 1. The van der Waals surface area contributed by atoms with Crippen LogP contribution in [-0.4, -0.2) is 11.0 Å². The van der Waals surface area contributed by atoms with Gasteiger partial charge in [-0.25, -0.2) is 4.98 Å². The fourth-order valence-corrected chi connectivity index (χ4v) is 2.06. The van der Waals surface area contributed by atoms with E-state index in [1.807, 2.05) is 29.6 Å². The molecule has 0 amide bonds. The van der Waals surface area contributed by atoms with Crippen LogP contribution in [0.3, 0.4) is 0 Å². The number of hydrogen-bond donors (Lipinski definition) is 1. The SMILES string of the molecule is Nc1cccc(CCC(=O)OCc2nccs2)c1. The lowest BCUT2D eigenvalue weighted by Gasteiger charge is -2.03. The summed E-state index contributed by atoms with van der Waals surface area (Å²) in [4.78, 5) is 15.6. The smallest absolute Gasteiger partial charge is 0.306 e. The predicted molar refractivity (Wildman–Crippen MR) is 71.1 cm³/mol. The van der Waals surface area contributed by atoms with E-state index < -0.39 is 0 Å². The molecule has 2 rings (SSSR count). The van der Waals surface area contributed by atoms with E-state index in [9.17, 15) is 4.79 Å². The molecule has 1 aromatic heterocycles. The van der Waals surface area contributed by atoms with Crippen LogP contribution in [0.15, 0.2) is 35.8 Å². The second kappa shape index (κ2) is 6.16. The first-order chi connectivity index (χ1) is 8.74. The Morgan fingerprint density at radius 1 is 1.44 bits per heavy atom. The summed E-state index contributed by atoms with van der Waals surface area (Å²) in [5.74, 6) is -0.215. The highest BCUT2D eigenvalue weighted by molar-refractivity contribution is 7.09. The van der Waals surface area contributed by atoms with Gasteiger partial charge in [-0.1, -0.05) is 12.1 Å². The topological polar surface area (TPSA) is 65.2 Å². The monoisotopic (exact) mass is 262 g/mol. The number of hydrogen-bond acceptors (Lipinski definition) is 5. The third-order valence-electron chi connectivity index (χ3n) is 2.41. The number of carbonyl (C=O) groups is 1. The second-order valence-corrected chi connectivity index (χ2v) is 4.81. The van der Waals surface area contributed by atoms with Gasteiger partial charge in [0.1, 0.15) is 11.6 Å². The third kappa shape index (κ3) is 3.85. The summed E-state index contributed by atoms with van der Waals surface area (Å²) in [5.41, 5.74) is 7.42. The lowest BCUT2D eigenvalue weighted by Crippen LogP contribution is -2.05. The van der Waals surface area contributed by atoms with E-state index in [0.29, 0.717) is 18.5 Å². The Balaban J connectivity index is 1.75. The molecule has 4 nitrogen and oxygen atoms in total. The van der Waals surface area contributed by atoms with Crippen LogP contribution in [0.2, 0.25) is 0 Å². The van der Waals surface area contributed by atoms with E-state index >= 15 is 0 Å². The molecule has 0 aliphatic carbocycles. The van der Waals surface area contributed by atoms with Gasteiger partial charge in [-0.05, 0) is 24.1 Å². The molecule has 1 aromatic carbocycles. The number of carbonyl (C=O) groups excluding carboxylic acids is 1. The molecule has 0 spiro atoms. The summed E-state index contributed by atoms with van der Waals surface area (Å²) >= 11 is 1.48. The minimum absolute atomic E-state index is 0.215. The number of aromatic nitrogens is 1. The van der Waals surface area contributed by atoms with Gasteiger partial charge in [0.25, 0.3) is 0 Å². The number of rotatable bonds is 5. The van der Waals surface area contributed by atoms with E-state index in [4.69, 9.17) is 10.5 Å². The highest BCUT2D eigenvalue weighted by Crippen LogP contribution is 2.10. The first-order valence-corrected chi connectivity index (χ1v) is 6.50. The minimum atomic E-state index is -0.215. The molecule has 2 aromatic rings. The van der Waals surface area contributed by atoms with Crippen LogP contribution in [0.4, 0.5) is 5.69 Å². The molecule has 0 unspecified atom stereocenters. The fraction of sp³-hybridized carbons (Fsp3) is 0.231. The van der Waals surface area contributed by atoms with Crippen LogP contribution in [0.5, 0.6) is 0 Å². The van der Waals surface area contributed by atoms with Crippen LogP contribution >= 0.6 is 11.3 Å². The van der Waals surface area contributed by atoms with Crippen molar-refractivity contribution in [1.29, 1.82) is 0 Å². The minimum Gasteiger partial charge on any atom is -0.458 e. The number of thiazole rings is 1. The average Bonchev–Trinajstić information content (AvgIpc) is 2.87. The number of nitrogens with zero attached hydrogens (tertiary/aromatic N) is 1. The Bertz CT molecular complexity index is 511. The number of anilines is 1. The van der Waals surface area contributed by atoms with Crippen molar-refractivity contribution in [3.8, 4) is 0 Å². The molecular formula is C13H14N2O2S. The maximum absolute atomic E-state index is 11.5. The van der Waals surface area contributed by atoms with Gasteiger partial charge in [0.2, 0.25) is 0 Å². The molecule has 18 heavy (non-hydrogen) atoms. The molecule has 0 fully saturated rings. The maximum atomic E-state index is 11.5. The zero-order chi connectivity index (χ0) is 12.8. The molecule has 0 bridgehead atoms. The lowest BCUT2D eigenvalue weighted by molar-refractivity contribution is -0.144. The summed E-state index contributed by atoms with van der Waals surface area (Å²) in [6.07, 6.45) is 2.69. The summed E-state index contributed by atoms with van der Waals surface area (Å²) in [7, 11) is 0. The summed E-state index contributed by atoms with van der Waals surface area (Å²) in [5, 5.41) is 2.67. The number of esters is 1. The second-order valence-electron chi connectivity index (χ2n) is 3.83. The fourth-order valence-electron chi connectivity index (χ4n) is 1.53. The summed E-state index contributed by atoms with van der Waals surface area (Å²) in [6, 6.07) is 7.52. The highest BCUT2D eigenvalue weighted by Gasteiger charge is 2.05. The van der Waals surface area contributed by atoms with Crippen LogP contribution in [0.25, 0.3) is 0 Å². The van der Waals surface area contributed by atoms with Gasteiger partial charge in [-0.2, -0.15) is 0 Å². The Kier molecular flexibility index (Phi) is 4.30. The maximum Gasteiger partial charge on any atom is 0.306 e. The van der Waals surface area contributed by atoms with Crippen molar-refractivity contribution in [2.45, 2.75) is 19.4 Å². The largest absolute Gasteiger partial charge is 0.458 e. The van der Waals surface area contributed by atoms with Gasteiger partial charge in [0.05, 0.1) is 0 Å². The van der Waals surface area contributed by atoms with Crippen molar-refractivity contribution in [2.75, 3.05) is 5.73 Å². The van der Waals surface area contributed by atoms with Crippen molar-refractivity contribution < 1.29 is 9.53 Å². The molecule has 0 saturated heterocycles. The van der Waals surface area contributed by atoms with Gasteiger partial charge < -0.3 is 10.5 Å². The summed E-state index contributed by atoms with van der Waals surface area (Å²) in [6.45, 7) is 0.257. The molecule has 0 radical (unpaired) electrons. The number of aryl methyl sites for hydroxylation is 1. The Morgan fingerprint density at radius 2 is 2.33 bits per heavy atom. The van der Waals surface area contributed by atoms with E-state index in [-0.39, 0.29) is 12.6 Å². The van der Waals surface area contributed by atoms with Gasteiger partial charge >= 0.3 is 5.97 Å². The summed E-state index contributed by atoms with van der Waals surface area (Å²) < 4.78 is 5.12. The van der Waals surface area contributed by atoms with Crippen molar-refractivity contribution in [3.05, 3.63) is 46.4 Å². The van der Waals surface area contributed by atoms with Crippen LogP contribution < -0.4 is 5.73 Å². The zero-order valence-electron chi connectivity index (χ0n) is 9.83. The zero-order valence-corrected chi connectivity index (χ0v) is 10.7. The quantitative estimate of drug-likeness (QED) is 0.663. The standard InChI is InChI=1S/C13H14N2O2S/c14-11-3-1-2-10(8-11)4-5-13(16)17-9-12-15-6-7-18-12/h1-3,6-8H,4-5,9,14H2. The van der Waals surface area contributed by atoms with Crippen molar-refractivity contribution in [2.24, 2.45) is 0 Å².